The molecule has 58 valence electrons. The van der Waals surface area contributed by atoms with Crippen molar-refractivity contribution < 1.29 is 9.90 Å². The third-order valence-corrected chi connectivity index (χ3v) is 1.97. The quantitative estimate of drug-likeness (QED) is 0.729. The van der Waals surface area contributed by atoms with Crippen molar-refractivity contribution in [3.8, 4) is 5.75 Å². The zero-order valence-electron chi connectivity index (χ0n) is 5.97. The SMILES string of the molecule is Cc1cc(Br)c(O)c(C=O)c1. The summed E-state index contributed by atoms with van der Waals surface area (Å²) in [6, 6.07) is 3.38. The number of phenolic OH excluding ortho intramolecular Hbond substituents is 1. The number of carbonyl (C=O) groups is 1. The minimum atomic E-state index is 0.00519. The Kier molecular flexibility index (Phi) is 2.29. The fraction of sp³-hybridized carbons (Fsp3) is 0.125. The van der Waals surface area contributed by atoms with Gasteiger partial charge in [-0.2, -0.15) is 0 Å². The minimum Gasteiger partial charge on any atom is -0.506 e. The largest absolute Gasteiger partial charge is 0.506 e. The van der Waals surface area contributed by atoms with E-state index in [-0.39, 0.29) is 5.75 Å². The van der Waals surface area contributed by atoms with Crippen molar-refractivity contribution in [3.05, 3.63) is 27.7 Å². The number of hydrogen-bond donors (Lipinski definition) is 1. The van der Waals surface area contributed by atoms with E-state index in [4.69, 9.17) is 0 Å². The molecule has 0 fully saturated rings. The van der Waals surface area contributed by atoms with Gasteiger partial charge in [-0.3, -0.25) is 4.79 Å². The monoisotopic (exact) mass is 214 g/mol. The van der Waals surface area contributed by atoms with Gasteiger partial charge in [0.1, 0.15) is 5.75 Å². The van der Waals surface area contributed by atoms with Crippen molar-refractivity contribution in [3.63, 3.8) is 0 Å². The van der Waals surface area contributed by atoms with Gasteiger partial charge in [-0.15, -0.1) is 0 Å². The first kappa shape index (κ1) is 8.27. The van der Waals surface area contributed by atoms with Gasteiger partial charge >= 0.3 is 0 Å². The van der Waals surface area contributed by atoms with Crippen LogP contribution in [0.3, 0.4) is 0 Å². The van der Waals surface area contributed by atoms with Crippen LogP contribution in [-0.4, -0.2) is 11.4 Å². The van der Waals surface area contributed by atoms with Crippen molar-refractivity contribution in [1.29, 1.82) is 0 Å². The molecule has 1 N–H and O–H groups in total. The molecule has 0 saturated heterocycles. The van der Waals surface area contributed by atoms with Crippen LogP contribution in [0.25, 0.3) is 0 Å². The van der Waals surface area contributed by atoms with Crippen LogP contribution in [0, 0.1) is 6.92 Å². The normalized spacial score (nSPS) is 9.64. The van der Waals surface area contributed by atoms with Gasteiger partial charge in [-0.1, -0.05) is 0 Å². The summed E-state index contributed by atoms with van der Waals surface area (Å²) in [5.41, 5.74) is 1.26. The molecule has 1 aromatic carbocycles. The molecule has 0 atom stereocenters. The number of aryl methyl sites for hydroxylation is 1. The van der Waals surface area contributed by atoms with Gasteiger partial charge in [0.25, 0.3) is 0 Å². The van der Waals surface area contributed by atoms with Crippen molar-refractivity contribution in [2.45, 2.75) is 6.92 Å². The van der Waals surface area contributed by atoms with Gasteiger partial charge < -0.3 is 5.11 Å². The van der Waals surface area contributed by atoms with Crippen LogP contribution in [0.1, 0.15) is 15.9 Å². The van der Waals surface area contributed by atoms with E-state index in [1.807, 2.05) is 6.92 Å². The predicted molar refractivity (Wildman–Crippen MR) is 45.9 cm³/mol. The number of hydrogen-bond acceptors (Lipinski definition) is 2. The lowest BCUT2D eigenvalue weighted by Crippen LogP contribution is -1.84. The predicted octanol–water partition coefficient (Wildman–Crippen LogP) is 2.28. The van der Waals surface area contributed by atoms with Crippen molar-refractivity contribution >= 4 is 22.2 Å². The fourth-order valence-electron chi connectivity index (χ4n) is 0.851. The lowest BCUT2D eigenvalue weighted by molar-refractivity contribution is 0.112. The molecule has 0 aliphatic heterocycles. The summed E-state index contributed by atoms with van der Waals surface area (Å²) in [4.78, 5) is 10.4. The zero-order valence-corrected chi connectivity index (χ0v) is 7.55. The molecule has 0 spiro atoms. The van der Waals surface area contributed by atoms with E-state index in [0.29, 0.717) is 16.3 Å². The van der Waals surface area contributed by atoms with E-state index in [9.17, 15) is 9.90 Å². The first-order valence-corrected chi connectivity index (χ1v) is 3.88. The van der Waals surface area contributed by atoms with Crippen LogP contribution in [0.2, 0.25) is 0 Å². The number of carbonyl (C=O) groups excluding carboxylic acids is 1. The smallest absolute Gasteiger partial charge is 0.153 e. The van der Waals surface area contributed by atoms with Crippen LogP contribution < -0.4 is 0 Å². The third kappa shape index (κ3) is 1.60. The van der Waals surface area contributed by atoms with E-state index in [1.165, 1.54) is 0 Å². The Morgan fingerprint density at radius 2 is 2.18 bits per heavy atom. The number of benzene rings is 1. The maximum Gasteiger partial charge on any atom is 0.153 e. The van der Waals surface area contributed by atoms with Crippen LogP contribution in [0.4, 0.5) is 0 Å². The van der Waals surface area contributed by atoms with Gasteiger partial charge in [0, 0.05) is 0 Å². The second-order valence-electron chi connectivity index (χ2n) is 2.30. The Hall–Kier alpha value is -0.830. The Labute approximate surface area is 73.0 Å². The highest BCUT2D eigenvalue weighted by Crippen LogP contribution is 2.27. The molecular weight excluding hydrogens is 208 g/mol. The van der Waals surface area contributed by atoms with Crippen LogP contribution in [0.15, 0.2) is 16.6 Å². The van der Waals surface area contributed by atoms with Gasteiger partial charge in [0.2, 0.25) is 0 Å². The molecule has 0 aliphatic carbocycles. The second kappa shape index (κ2) is 3.05. The molecule has 0 amide bonds. The summed E-state index contributed by atoms with van der Waals surface area (Å²) >= 11 is 3.13. The Bertz CT molecular complexity index is 294. The Morgan fingerprint density at radius 1 is 1.55 bits per heavy atom. The van der Waals surface area contributed by atoms with Crippen molar-refractivity contribution in [1.82, 2.24) is 0 Å². The summed E-state index contributed by atoms with van der Waals surface area (Å²) in [6.07, 6.45) is 0.632. The average molecular weight is 215 g/mol. The summed E-state index contributed by atoms with van der Waals surface area (Å²) in [5.74, 6) is 0.00519. The molecule has 0 heterocycles. The summed E-state index contributed by atoms with van der Waals surface area (Å²) < 4.78 is 0.555. The Morgan fingerprint density at radius 3 is 2.73 bits per heavy atom. The third-order valence-electron chi connectivity index (χ3n) is 1.36. The van der Waals surface area contributed by atoms with Crippen LogP contribution in [-0.2, 0) is 0 Å². The highest BCUT2D eigenvalue weighted by Gasteiger charge is 2.04. The fourth-order valence-corrected chi connectivity index (χ4v) is 1.44. The van der Waals surface area contributed by atoms with E-state index < -0.39 is 0 Å². The molecule has 0 radical (unpaired) electrons. The molecule has 0 aliphatic rings. The topological polar surface area (TPSA) is 37.3 Å². The van der Waals surface area contributed by atoms with Crippen molar-refractivity contribution in [2.24, 2.45) is 0 Å². The van der Waals surface area contributed by atoms with E-state index in [0.717, 1.165) is 5.56 Å². The molecule has 3 heteroatoms. The maximum absolute atomic E-state index is 10.4. The second-order valence-corrected chi connectivity index (χ2v) is 3.16. The van der Waals surface area contributed by atoms with Gasteiger partial charge in [0.15, 0.2) is 6.29 Å². The number of halogens is 1. The van der Waals surface area contributed by atoms with Crippen molar-refractivity contribution in [2.75, 3.05) is 0 Å². The highest BCUT2D eigenvalue weighted by molar-refractivity contribution is 9.10. The average Bonchev–Trinajstić information content (AvgIpc) is 1.96. The number of rotatable bonds is 1. The molecule has 0 bridgehead atoms. The summed E-state index contributed by atoms with van der Waals surface area (Å²) in [6.45, 7) is 1.86. The molecule has 0 unspecified atom stereocenters. The molecule has 1 aromatic rings. The lowest BCUT2D eigenvalue weighted by atomic mass is 10.1. The van der Waals surface area contributed by atoms with Gasteiger partial charge in [0.05, 0.1) is 10.0 Å². The lowest BCUT2D eigenvalue weighted by Gasteiger charge is -2.00. The Balaban J connectivity index is 3.35. The molecular formula is C8H7BrO2. The van der Waals surface area contributed by atoms with Crippen LogP contribution >= 0.6 is 15.9 Å². The molecule has 1 rings (SSSR count). The summed E-state index contributed by atoms with van der Waals surface area (Å²) in [7, 11) is 0. The standard InChI is InChI=1S/C8H7BrO2/c1-5-2-6(4-10)8(11)7(9)3-5/h2-4,11H,1H3. The minimum absolute atomic E-state index is 0.00519. The molecule has 11 heavy (non-hydrogen) atoms. The highest BCUT2D eigenvalue weighted by atomic mass is 79.9. The molecule has 0 saturated carbocycles. The number of aldehydes is 1. The first-order chi connectivity index (χ1) is 5.15. The van der Waals surface area contributed by atoms with E-state index in [1.54, 1.807) is 12.1 Å². The van der Waals surface area contributed by atoms with Gasteiger partial charge in [-0.25, -0.2) is 0 Å². The van der Waals surface area contributed by atoms with Crippen LogP contribution in [0.5, 0.6) is 5.75 Å². The van der Waals surface area contributed by atoms with Gasteiger partial charge in [-0.05, 0) is 40.5 Å². The number of phenols is 1. The van der Waals surface area contributed by atoms with E-state index >= 15 is 0 Å². The zero-order chi connectivity index (χ0) is 8.43. The molecule has 0 aromatic heterocycles. The number of aromatic hydroxyl groups is 1. The van der Waals surface area contributed by atoms with E-state index in [2.05, 4.69) is 15.9 Å². The first-order valence-electron chi connectivity index (χ1n) is 3.09. The summed E-state index contributed by atoms with van der Waals surface area (Å²) in [5, 5.41) is 9.24. The molecule has 2 nitrogen and oxygen atoms in total. The maximum atomic E-state index is 10.4.